The number of nitrogens with one attached hydrogen (secondary N) is 2. The second kappa shape index (κ2) is 7.21. The fourth-order valence-corrected chi connectivity index (χ4v) is 1.84. The second-order valence-corrected chi connectivity index (χ2v) is 4.69. The first-order chi connectivity index (χ1) is 10.6. The maximum atomic E-state index is 11.4. The lowest BCUT2D eigenvalue weighted by Crippen LogP contribution is -2.13. The van der Waals surface area contributed by atoms with Gasteiger partial charge in [-0.1, -0.05) is 12.7 Å². The minimum atomic E-state index is -0.516. The van der Waals surface area contributed by atoms with Crippen LogP contribution in [0.3, 0.4) is 0 Å². The highest BCUT2D eigenvalue weighted by molar-refractivity contribution is 5.85. The molecule has 114 valence electrons. The Hall–Kier alpha value is -2.89. The van der Waals surface area contributed by atoms with Crippen LogP contribution in [0.2, 0.25) is 0 Å². The summed E-state index contributed by atoms with van der Waals surface area (Å²) in [5.74, 6) is 0.545. The number of aryl methyl sites for hydroxylation is 2. The zero-order chi connectivity index (χ0) is 15.9. The van der Waals surface area contributed by atoms with Gasteiger partial charge in [-0.15, -0.1) is 0 Å². The minimum absolute atomic E-state index is 0.176. The summed E-state index contributed by atoms with van der Waals surface area (Å²) in [5.41, 5.74) is 3.27. The highest BCUT2D eigenvalue weighted by Gasteiger charge is 2.03. The Morgan fingerprint density at radius 1 is 1.18 bits per heavy atom. The summed E-state index contributed by atoms with van der Waals surface area (Å²) in [6.45, 7) is 7.49. The summed E-state index contributed by atoms with van der Waals surface area (Å²) in [4.78, 5) is 20.0. The van der Waals surface area contributed by atoms with Gasteiger partial charge in [0.2, 0.25) is 5.95 Å². The molecule has 0 aliphatic carbocycles. The molecule has 1 aromatic heterocycles. The number of rotatable bonds is 5. The lowest BCUT2D eigenvalue weighted by atomic mass is 10.3. The summed E-state index contributed by atoms with van der Waals surface area (Å²) < 4.78 is 4.84. The molecular weight excluding hydrogens is 280 g/mol. The third kappa shape index (κ3) is 4.59. The van der Waals surface area contributed by atoms with E-state index in [0.717, 1.165) is 17.1 Å². The maximum Gasteiger partial charge on any atom is 0.411 e. The molecule has 0 unspecified atom stereocenters. The molecular formula is C16H18N4O2. The van der Waals surface area contributed by atoms with E-state index >= 15 is 0 Å². The van der Waals surface area contributed by atoms with E-state index in [0.29, 0.717) is 11.6 Å². The minimum Gasteiger partial charge on any atom is -0.445 e. The molecule has 2 rings (SSSR count). The van der Waals surface area contributed by atoms with E-state index in [1.165, 1.54) is 6.08 Å². The van der Waals surface area contributed by atoms with Crippen LogP contribution in [0.1, 0.15) is 11.4 Å². The zero-order valence-corrected chi connectivity index (χ0v) is 12.6. The summed E-state index contributed by atoms with van der Waals surface area (Å²) in [6.07, 6.45) is 0.995. The first-order valence-electron chi connectivity index (χ1n) is 6.81. The molecule has 1 amide bonds. The Balaban J connectivity index is 1.99. The average Bonchev–Trinajstić information content (AvgIpc) is 2.46. The molecule has 0 spiro atoms. The van der Waals surface area contributed by atoms with Gasteiger partial charge in [0.25, 0.3) is 0 Å². The lowest BCUT2D eigenvalue weighted by molar-refractivity contribution is 0.174. The lowest BCUT2D eigenvalue weighted by Gasteiger charge is -2.08. The van der Waals surface area contributed by atoms with E-state index in [4.69, 9.17) is 4.74 Å². The maximum absolute atomic E-state index is 11.4. The molecule has 0 aliphatic rings. The molecule has 1 aromatic carbocycles. The van der Waals surface area contributed by atoms with Crippen LogP contribution in [-0.2, 0) is 4.74 Å². The number of hydrogen-bond acceptors (Lipinski definition) is 5. The van der Waals surface area contributed by atoms with Gasteiger partial charge in [-0.05, 0) is 44.2 Å². The fraction of sp³-hybridized carbons (Fsp3) is 0.188. The van der Waals surface area contributed by atoms with Gasteiger partial charge in [-0.3, -0.25) is 5.32 Å². The summed E-state index contributed by atoms with van der Waals surface area (Å²) in [7, 11) is 0. The van der Waals surface area contributed by atoms with Crippen molar-refractivity contribution in [1.82, 2.24) is 9.97 Å². The van der Waals surface area contributed by atoms with Crippen LogP contribution in [0.4, 0.5) is 22.1 Å². The van der Waals surface area contributed by atoms with Crippen LogP contribution >= 0.6 is 0 Å². The van der Waals surface area contributed by atoms with Gasteiger partial charge in [0.15, 0.2) is 0 Å². The molecule has 6 heteroatoms. The quantitative estimate of drug-likeness (QED) is 0.825. The second-order valence-electron chi connectivity index (χ2n) is 4.69. The van der Waals surface area contributed by atoms with Crippen molar-refractivity contribution in [1.29, 1.82) is 0 Å². The average molecular weight is 298 g/mol. The van der Waals surface area contributed by atoms with Crippen LogP contribution in [0.15, 0.2) is 43.0 Å². The number of ether oxygens (including phenoxy) is 1. The van der Waals surface area contributed by atoms with Crippen LogP contribution in [0.5, 0.6) is 0 Å². The van der Waals surface area contributed by atoms with Crippen molar-refractivity contribution in [3.63, 3.8) is 0 Å². The Bertz CT molecular complexity index is 648. The molecule has 0 aliphatic heterocycles. The number of carbonyl (C=O) groups excluding carboxylic acids is 1. The van der Waals surface area contributed by atoms with Gasteiger partial charge in [0, 0.05) is 22.8 Å². The molecule has 2 aromatic rings. The Morgan fingerprint density at radius 3 is 2.36 bits per heavy atom. The molecule has 2 N–H and O–H groups in total. The number of nitrogens with zero attached hydrogens (tertiary/aromatic N) is 2. The van der Waals surface area contributed by atoms with Gasteiger partial charge in [0.05, 0.1) is 0 Å². The first kappa shape index (κ1) is 15.5. The topological polar surface area (TPSA) is 76.1 Å². The molecule has 0 fully saturated rings. The molecule has 1 heterocycles. The number of carbonyl (C=O) groups is 1. The summed E-state index contributed by atoms with van der Waals surface area (Å²) in [6, 6.07) is 9.08. The van der Waals surface area contributed by atoms with Crippen LogP contribution in [0, 0.1) is 13.8 Å². The third-order valence-corrected chi connectivity index (χ3v) is 2.70. The smallest absolute Gasteiger partial charge is 0.411 e. The van der Waals surface area contributed by atoms with Crippen LogP contribution in [-0.4, -0.2) is 22.7 Å². The molecule has 0 saturated carbocycles. The monoisotopic (exact) mass is 298 g/mol. The Kier molecular flexibility index (Phi) is 5.08. The van der Waals surface area contributed by atoms with Gasteiger partial charge < -0.3 is 10.1 Å². The van der Waals surface area contributed by atoms with Gasteiger partial charge in [0.1, 0.15) is 6.61 Å². The standard InChI is InChI=1S/C16H18N4O2/c1-4-9-22-16(21)20-14-7-5-13(6-8-14)19-15-17-11(2)10-12(3)18-15/h4-8,10H,1,9H2,2-3H3,(H,20,21)(H,17,18,19). The van der Waals surface area contributed by atoms with Crippen molar-refractivity contribution >= 4 is 23.4 Å². The number of amides is 1. The molecule has 0 atom stereocenters. The largest absolute Gasteiger partial charge is 0.445 e. The predicted octanol–water partition coefficient (Wildman–Crippen LogP) is 3.57. The molecule has 0 radical (unpaired) electrons. The van der Waals surface area contributed by atoms with E-state index in [-0.39, 0.29) is 6.61 Å². The number of hydrogen-bond donors (Lipinski definition) is 2. The van der Waals surface area contributed by atoms with Crippen molar-refractivity contribution in [2.24, 2.45) is 0 Å². The van der Waals surface area contributed by atoms with Gasteiger partial charge >= 0.3 is 6.09 Å². The van der Waals surface area contributed by atoms with Crippen molar-refractivity contribution in [2.75, 3.05) is 17.2 Å². The number of benzene rings is 1. The van der Waals surface area contributed by atoms with Gasteiger partial charge in [-0.25, -0.2) is 14.8 Å². The first-order valence-corrected chi connectivity index (χ1v) is 6.81. The predicted molar refractivity (Wildman–Crippen MR) is 86.4 cm³/mol. The third-order valence-electron chi connectivity index (χ3n) is 2.70. The number of anilines is 3. The van der Waals surface area contributed by atoms with Crippen molar-refractivity contribution in [2.45, 2.75) is 13.8 Å². The highest BCUT2D eigenvalue weighted by atomic mass is 16.5. The van der Waals surface area contributed by atoms with Crippen molar-refractivity contribution in [3.8, 4) is 0 Å². The summed E-state index contributed by atoms with van der Waals surface area (Å²) >= 11 is 0. The molecule has 0 saturated heterocycles. The van der Waals surface area contributed by atoms with E-state index in [9.17, 15) is 4.79 Å². The normalized spacial score (nSPS) is 9.91. The Labute approximate surface area is 129 Å². The van der Waals surface area contributed by atoms with Crippen molar-refractivity contribution in [3.05, 3.63) is 54.4 Å². The van der Waals surface area contributed by atoms with E-state index in [2.05, 4.69) is 27.2 Å². The van der Waals surface area contributed by atoms with E-state index < -0.39 is 6.09 Å². The number of aromatic nitrogens is 2. The summed E-state index contributed by atoms with van der Waals surface area (Å²) in [5, 5.41) is 5.74. The Morgan fingerprint density at radius 2 is 1.77 bits per heavy atom. The molecule has 0 bridgehead atoms. The fourth-order valence-electron chi connectivity index (χ4n) is 1.84. The molecule has 6 nitrogen and oxygen atoms in total. The SMILES string of the molecule is C=CCOC(=O)Nc1ccc(Nc2nc(C)cc(C)n2)cc1. The van der Waals surface area contributed by atoms with Crippen LogP contribution in [0.25, 0.3) is 0 Å². The highest BCUT2D eigenvalue weighted by Crippen LogP contribution is 2.17. The molecule has 22 heavy (non-hydrogen) atoms. The van der Waals surface area contributed by atoms with Crippen LogP contribution < -0.4 is 10.6 Å². The zero-order valence-electron chi connectivity index (χ0n) is 12.6. The van der Waals surface area contributed by atoms with Gasteiger partial charge in [-0.2, -0.15) is 0 Å². The van der Waals surface area contributed by atoms with E-state index in [1.54, 1.807) is 12.1 Å². The van der Waals surface area contributed by atoms with Crippen molar-refractivity contribution < 1.29 is 9.53 Å². The van der Waals surface area contributed by atoms with E-state index in [1.807, 2.05) is 32.0 Å².